The zero-order valence-corrected chi connectivity index (χ0v) is 18.4. The average molecular weight is 464 g/mol. The van der Waals surface area contributed by atoms with Gasteiger partial charge in [0.05, 0.1) is 6.61 Å². The van der Waals surface area contributed by atoms with Crippen molar-refractivity contribution in [3.05, 3.63) is 83.9 Å². The number of carbonyl (C=O) groups excluding carboxylic acids is 1. The Morgan fingerprint density at radius 1 is 1.06 bits per heavy atom. The Kier molecular flexibility index (Phi) is 7.33. The number of benzene rings is 3. The van der Waals surface area contributed by atoms with E-state index in [0.717, 1.165) is 0 Å². The summed E-state index contributed by atoms with van der Waals surface area (Å²) in [5.74, 6) is -0.482. The van der Waals surface area contributed by atoms with Crippen molar-refractivity contribution in [1.82, 2.24) is 0 Å². The highest BCUT2D eigenvalue weighted by Gasteiger charge is 2.19. The van der Waals surface area contributed by atoms with Crippen LogP contribution in [-0.2, 0) is 14.9 Å². The number of aromatic hydroxyl groups is 1. The maximum absolute atomic E-state index is 12.5. The van der Waals surface area contributed by atoms with E-state index in [9.17, 15) is 23.6 Å². The van der Waals surface area contributed by atoms with E-state index in [-0.39, 0.29) is 34.3 Å². The molecule has 33 heavy (non-hydrogen) atoms. The number of nitrogens with zero attached hydrogens (tertiary/aromatic N) is 1. The summed E-state index contributed by atoms with van der Waals surface area (Å²) in [5, 5.41) is 21.3. The molecule has 3 aromatic rings. The summed E-state index contributed by atoms with van der Waals surface area (Å²) < 4.78 is 35.9. The third-order valence-corrected chi connectivity index (χ3v) is 5.55. The van der Waals surface area contributed by atoms with Crippen molar-refractivity contribution in [2.24, 2.45) is 0 Å². The molecular formula is C24H20N2O6S. The number of nitrogens with one attached hydrogen (secondary N) is 1. The van der Waals surface area contributed by atoms with Crippen LogP contribution >= 0.6 is 0 Å². The smallest absolute Gasteiger partial charge is 0.339 e. The van der Waals surface area contributed by atoms with Gasteiger partial charge < -0.3 is 19.3 Å². The molecule has 9 heteroatoms. The fourth-order valence-electron chi connectivity index (χ4n) is 2.76. The predicted octanol–water partition coefficient (Wildman–Crippen LogP) is 4.10. The summed E-state index contributed by atoms with van der Waals surface area (Å²) >= 11 is 0. The van der Waals surface area contributed by atoms with E-state index in [1.54, 1.807) is 25.1 Å². The molecule has 0 spiro atoms. The minimum atomic E-state index is -4.08. The molecule has 0 fully saturated rings. The van der Waals surface area contributed by atoms with Crippen molar-refractivity contribution >= 4 is 27.8 Å². The first-order valence-corrected chi connectivity index (χ1v) is 11.2. The molecule has 0 aromatic heterocycles. The molecule has 3 aromatic carbocycles. The summed E-state index contributed by atoms with van der Waals surface area (Å²) in [4.78, 5) is 12.4. The van der Waals surface area contributed by atoms with Gasteiger partial charge in [0.25, 0.3) is 5.91 Å². The highest BCUT2D eigenvalue weighted by atomic mass is 32.2. The van der Waals surface area contributed by atoms with Gasteiger partial charge in [-0.2, -0.15) is 13.7 Å². The number of phenolic OH excluding ortho intramolecular Hbond substituents is 1. The Morgan fingerprint density at radius 3 is 2.39 bits per heavy atom. The Labute approximate surface area is 191 Å². The average Bonchev–Trinajstić information content (AvgIpc) is 2.81. The van der Waals surface area contributed by atoms with Crippen LogP contribution in [0.25, 0.3) is 6.08 Å². The van der Waals surface area contributed by atoms with Crippen LogP contribution in [0.15, 0.2) is 83.3 Å². The van der Waals surface area contributed by atoms with Gasteiger partial charge in [-0.15, -0.1) is 0 Å². The first-order valence-electron chi connectivity index (χ1n) is 9.81. The molecule has 2 N–H and O–H groups in total. The van der Waals surface area contributed by atoms with Gasteiger partial charge >= 0.3 is 10.1 Å². The van der Waals surface area contributed by atoms with Crippen LogP contribution in [-0.4, -0.2) is 26.0 Å². The molecule has 0 saturated carbocycles. The van der Waals surface area contributed by atoms with Crippen molar-refractivity contribution in [3.63, 3.8) is 0 Å². The Balaban J connectivity index is 1.86. The van der Waals surface area contributed by atoms with Crippen LogP contribution in [0.3, 0.4) is 0 Å². The SMILES string of the molecule is CCOc1cc(/C=C(\C#N)C(=O)Nc2ccc(O)cc2)ccc1OS(=O)(=O)c1ccccc1. The third-order valence-electron chi connectivity index (χ3n) is 4.30. The number of ether oxygens (including phenoxy) is 1. The predicted molar refractivity (Wildman–Crippen MR) is 122 cm³/mol. The molecule has 0 heterocycles. The molecule has 0 aliphatic rings. The van der Waals surface area contributed by atoms with Crippen LogP contribution in [0.4, 0.5) is 5.69 Å². The van der Waals surface area contributed by atoms with Crippen molar-refractivity contribution in [2.45, 2.75) is 11.8 Å². The fraction of sp³-hybridized carbons (Fsp3) is 0.0833. The lowest BCUT2D eigenvalue weighted by Crippen LogP contribution is -2.13. The summed E-state index contributed by atoms with van der Waals surface area (Å²) in [6.07, 6.45) is 1.34. The van der Waals surface area contributed by atoms with E-state index in [2.05, 4.69) is 5.32 Å². The van der Waals surface area contributed by atoms with E-state index < -0.39 is 16.0 Å². The van der Waals surface area contributed by atoms with Gasteiger partial charge in [0.15, 0.2) is 11.5 Å². The molecule has 0 aliphatic carbocycles. The number of hydrogen-bond donors (Lipinski definition) is 2. The van der Waals surface area contributed by atoms with Crippen LogP contribution < -0.4 is 14.2 Å². The number of phenols is 1. The van der Waals surface area contributed by atoms with Crippen molar-refractivity contribution in [3.8, 4) is 23.3 Å². The van der Waals surface area contributed by atoms with Crippen LogP contribution in [0.5, 0.6) is 17.2 Å². The van der Waals surface area contributed by atoms with Gasteiger partial charge in [0.1, 0.15) is 22.3 Å². The monoisotopic (exact) mass is 464 g/mol. The molecule has 168 valence electrons. The van der Waals surface area contributed by atoms with E-state index in [0.29, 0.717) is 11.3 Å². The molecule has 0 radical (unpaired) electrons. The highest BCUT2D eigenvalue weighted by Crippen LogP contribution is 2.32. The lowest BCUT2D eigenvalue weighted by Gasteiger charge is -2.13. The normalized spacial score (nSPS) is 11.3. The van der Waals surface area contributed by atoms with Gasteiger partial charge in [0, 0.05) is 5.69 Å². The second-order valence-electron chi connectivity index (χ2n) is 6.66. The molecule has 0 unspecified atom stereocenters. The Bertz CT molecular complexity index is 1310. The number of nitriles is 1. The number of hydrogen-bond acceptors (Lipinski definition) is 7. The lowest BCUT2D eigenvalue weighted by molar-refractivity contribution is -0.112. The fourth-order valence-corrected chi connectivity index (χ4v) is 3.72. The lowest BCUT2D eigenvalue weighted by atomic mass is 10.1. The second-order valence-corrected chi connectivity index (χ2v) is 8.21. The van der Waals surface area contributed by atoms with Gasteiger partial charge in [-0.25, -0.2) is 0 Å². The first-order chi connectivity index (χ1) is 15.8. The van der Waals surface area contributed by atoms with Gasteiger partial charge in [-0.3, -0.25) is 4.79 Å². The van der Waals surface area contributed by atoms with Gasteiger partial charge in [-0.05, 0) is 67.1 Å². The Morgan fingerprint density at radius 2 is 1.76 bits per heavy atom. The third kappa shape index (κ3) is 6.12. The summed E-state index contributed by atoms with van der Waals surface area (Å²) in [5.41, 5.74) is 0.653. The van der Waals surface area contributed by atoms with Gasteiger partial charge in [-0.1, -0.05) is 24.3 Å². The molecular weight excluding hydrogens is 444 g/mol. The standard InChI is InChI=1S/C24H20N2O6S/c1-2-31-23-15-17(8-13-22(23)32-33(29,30)21-6-4-3-5-7-21)14-18(16-25)24(28)26-19-9-11-20(27)12-10-19/h3-15,27H,2H2,1H3,(H,26,28)/b18-14+. The van der Waals surface area contributed by atoms with Crippen molar-refractivity contribution < 1.29 is 27.2 Å². The number of carbonyl (C=O) groups is 1. The molecule has 0 saturated heterocycles. The molecule has 1 amide bonds. The summed E-state index contributed by atoms with van der Waals surface area (Å²) in [6, 6.07) is 19.7. The summed E-state index contributed by atoms with van der Waals surface area (Å²) in [7, 11) is -4.08. The van der Waals surface area contributed by atoms with E-state index in [1.165, 1.54) is 60.7 Å². The zero-order valence-electron chi connectivity index (χ0n) is 17.6. The molecule has 0 atom stereocenters. The van der Waals surface area contributed by atoms with Crippen molar-refractivity contribution in [1.29, 1.82) is 5.26 Å². The highest BCUT2D eigenvalue weighted by molar-refractivity contribution is 7.87. The van der Waals surface area contributed by atoms with Gasteiger partial charge in [0.2, 0.25) is 0 Å². The number of anilines is 1. The molecule has 3 rings (SSSR count). The van der Waals surface area contributed by atoms with Crippen LogP contribution in [0.1, 0.15) is 12.5 Å². The summed E-state index contributed by atoms with van der Waals surface area (Å²) in [6.45, 7) is 1.96. The maximum atomic E-state index is 12.5. The number of rotatable bonds is 8. The molecule has 0 aliphatic heterocycles. The topological polar surface area (TPSA) is 126 Å². The molecule has 0 bridgehead atoms. The largest absolute Gasteiger partial charge is 0.508 e. The molecule has 8 nitrogen and oxygen atoms in total. The Hall–Kier alpha value is -4.29. The number of amides is 1. The van der Waals surface area contributed by atoms with E-state index >= 15 is 0 Å². The van der Waals surface area contributed by atoms with E-state index in [1.807, 2.05) is 6.07 Å². The maximum Gasteiger partial charge on any atom is 0.339 e. The van der Waals surface area contributed by atoms with Crippen LogP contribution in [0, 0.1) is 11.3 Å². The first kappa shape index (κ1) is 23.4. The zero-order chi connectivity index (χ0) is 23.8. The van der Waals surface area contributed by atoms with Crippen molar-refractivity contribution in [2.75, 3.05) is 11.9 Å². The van der Waals surface area contributed by atoms with E-state index in [4.69, 9.17) is 8.92 Å². The minimum Gasteiger partial charge on any atom is -0.508 e. The minimum absolute atomic E-state index is 0.00547. The van der Waals surface area contributed by atoms with Crippen LogP contribution in [0.2, 0.25) is 0 Å². The second kappa shape index (κ2) is 10.3. The quantitative estimate of drug-likeness (QED) is 0.222.